The summed E-state index contributed by atoms with van der Waals surface area (Å²) < 4.78 is 4.69. The van der Waals surface area contributed by atoms with Crippen molar-refractivity contribution in [2.75, 3.05) is 13.2 Å². The van der Waals surface area contributed by atoms with Gasteiger partial charge in [-0.3, -0.25) is 0 Å². The van der Waals surface area contributed by atoms with Crippen LogP contribution in [-0.4, -0.2) is 57.5 Å². The number of carbonyl (C=O) groups excluding carboxylic acids is 1. The van der Waals surface area contributed by atoms with Crippen LogP contribution in [0.25, 0.3) is 0 Å². The summed E-state index contributed by atoms with van der Waals surface area (Å²) in [5.74, 6) is -6.32. The molecule has 0 aliphatic rings. The summed E-state index contributed by atoms with van der Waals surface area (Å²) in [6, 6.07) is 1.70. The Bertz CT molecular complexity index is 633. The molecule has 0 fully saturated rings. The molecule has 0 spiro atoms. The standard InChI is InChI=1S/C13H12O9/c14-4-1-5-22-13(21)7-3-2-6(10(15)16)8(11(17)18)9(7)12(19)20/h2-3,14H,1,4-5H2,(H,15,16)(H,17,18)(H,19,20). The van der Waals surface area contributed by atoms with Crippen molar-refractivity contribution in [2.45, 2.75) is 6.42 Å². The van der Waals surface area contributed by atoms with Gasteiger partial charge in [-0.05, 0) is 12.1 Å². The largest absolute Gasteiger partial charge is 0.478 e. The average molecular weight is 312 g/mol. The number of carboxylic acid groups (broad SMARTS) is 3. The third-order valence-electron chi connectivity index (χ3n) is 2.62. The Morgan fingerprint density at radius 2 is 1.36 bits per heavy atom. The van der Waals surface area contributed by atoms with Gasteiger partial charge in [0.25, 0.3) is 0 Å². The summed E-state index contributed by atoms with van der Waals surface area (Å²) in [5, 5.41) is 35.7. The zero-order chi connectivity index (χ0) is 16.9. The summed E-state index contributed by atoms with van der Waals surface area (Å²) >= 11 is 0. The van der Waals surface area contributed by atoms with Gasteiger partial charge in [-0.15, -0.1) is 0 Å². The first-order valence-corrected chi connectivity index (χ1v) is 5.96. The maximum absolute atomic E-state index is 11.8. The van der Waals surface area contributed by atoms with E-state index in [2.05, 4.69) is 0 Å². The van der Waals surface area contributed by atoms with Crippen molar-refractivity contribution in [3.8, 4) is 0 Å². The molecule has 9 heteroatoms. The molecule has 118 valence electrons. The van der Waals surface area contributed by atoms with Gasteiger partial charge in [0, 0.05) is 13.0 Å². The van der Waals surface area contributed by atoms with E-state index in [1.807, 2.05) is 0 Å². The van der Waals surface area contributed by atoms with Crippen molar-refractivity contribution >= 4 is 23.9 Å². The van der Waals surface area contributed by atoms with Crippen LogP contribution in [0.5, 0.6) is 0 Å². The molecular formula is C13H12O9. The van der Waals surface area contributed by atoms with E-state index < -0.39 is 46.1 Å². The molecule has 1 aromatic rings. The van der Waals surface area contributed by atoms with Gasteiger partial charge >= 0.3 is 23.9 Å². The van der Waals surface area contributed by atoms with Gasteiger partial charge in [0.05, 0.1) is 28.9 Å². The van der Waals surface area contributed by atoms with Crippen LogP contribution in [-0.2, 0) is 4.74 Å². The summed E-state index contributed by atoms with van der Waals surface area (Å²) in [4.78, 5) is 45.2. The minimum absolute atomic E-state index is 0.118. The number of aliphatic hydroxyl groups is 1. The number of carbonyl (C=O) groups is 4. The van der Waals surface area contributed by atoms with Crippen LogP contribution < -0.4 is 0 Å². The van der Waals surface area contributed by atoms with Crippen LogP contribution in [0.4, 0.5) is 0 Å². The maximum Gasteiger partial charge on any atom is 0.339 e. The SMILES string of the molecule is O=C(O)c1ccc(C(=O)OCCCO)c(C(=O)O)c1C(=O)O. The molecule has 0 heterocycles. The second kappa shape index (κ2) is 7.18. The highest BCUT2D eigenvalue weighted by Crippen LogP contribution is 2.21. The van der Waals surface area contributed by atoms with E-state index in [1.54, 1.807) is 0 Å². The van der Waals surface area contributed by atoms with E-state index >= 15 is 0 Å². The first-order chi connectivity index (χ1) is 10.3. The molecule has 1 aromatic carbocycles. The Balaban J connectivity index is 3.44. The van der Waals surface area contributed by atoms with E-state index in [0.29, 0.717) is 0 Å². The molecule has 0 unspecified atom stereocenters. The fraction of sp³-hybridized carbons (Fsp3) is 0.231. The molecule has 0 atom stereocenters. The van der Waals surface area contributed by atoms with Gasteiger partial charge in [0.1, 0.15) is 0 Å². The fourth-order valence-corrected chi connectivity index (χ4v) is 1.70. The summed E-state index contributed by atoms with van der Waals surface area (Å²) in [7, 11) is 0. The number of aromatic carboxylic acids is 3. The topological polar surface area (TPSA) is 158 Å². The predicted molar refractivity (Wildman–Crippen MR) is 69.3 cm³/mol. The zero-order valence-corrected chi connectivity index (χ0v) is 11.1. The van der Waals surface area contributed by atoms with Gasteiger partial charge in [-0.2, -0.15) is 0 Å². The number of hydrogen-bond acceptors (Lipinski definition) is 6. The molecule has 0 amide bonds. The van der Waals surface area contributed by atoms with E-state index in [9.17, 15) is 19.2 Å². The third kappa shape index (κ3) is 3.58. The van der Waals surface area contributed by atoms with Gasteiger partial charge < -0.3 is 25.2 Å². The quantitative estimate of drug-likeness (QED) is 0.410. The van der Waals surface area contributed by atoms with Gasteiger partial charge in [-0.1, -0.05) is 0 Å². The molecule has 1 rings (SSSR count). The number of benzene rings is 1. The monoisotopic (exact) mass is 312 g/mol. The van der Waals surface area contributed by atoms with Crippen LogP contribution in [0, 0.1) is 0 Å². The molecule has 0 saturated heterocycles. The van der Waals surface area contributed by atoms with E-state index in [0.717, 1.165) is 12.1 Å². The van der Waals surface area contributed by atoms with Crippen molar-refractivity contribution in [3.05, 3.63) is 34.4 Å². The Morgan fingerprint density at radius 1 is 0.864 bits per heavy atom. The molecule has 0 bridgehead atoms. The van der Waals surface area contributed by atoms with Crippen molar-refractivity contribution in [3.63, 3.8) is 0 Å². The normalized spacial score (nSPS) is 10.0. The van der Waals surface area contributed by atoms with Crippen LogP contribution in [0.1, 0.15) is 47.9 Å². The number of aliphatic hydroxyl groups excluding tert-OH is 1. The highest BCUT2D eigenvalue weighted by atomic mass is 16.5. The van der Waals surface area contributed by atoms with Gasteiger partial charge in [0.2, 0.25) is 0 Å². The van der Waals surface area contributed by atoms with E-state index in [-0.39, 0.29) is 19.6 Å². The Labute approximate surface area is 123 Å². The summed E-state index contributed by atoms with van der Waals surface area (Å²) in [6.07, 6.45) is 0.118. The molecular weight excluding hydrogens is 300 g/mol. The lowest BCUT2D eigenvalue weighted by molar-refractivity contribution is 0.0470. The molecule has 9 nitrogen and oxygen atoms in total. The molecule has 4 N–H and O–H groups in total. The Kier molecular flexibility index (Phi) is 5.58. The molecule has 0 aliphatic heterocycles. The van der Waals surface area contributed by atoms with Gasteiger partial charge in [0.15, 0.2) is 0 Å². The van der Waals surface area contributed by atoms with Crippen LogP contribution in [0.3, 0.4) is 0 Å². The average Bonchev–Trinajstić information content (AvgIpc) is 2.45. The Hall–Kier alpha value is -2.94. The maximum atomic E-state index is 11.8. The number of ether oxygens (including phenoxy) is 1. The minimum atomic E-state index is -1.79. The van der Waals surface area contributed by atoms with E-state index in [1.165, 1.54) is 0 Å². The molecule has 0 aliphatic carbocycles. The second-order valence-electron chi connectivity index (χ2n) is 4.04. The fourth-order valence-electron chi connectivity index (χ4n) is 1.70. The van der Waals surface area contributed by atoms with Crippen molar-refractivity contribution < 1.29 is 44.3 Å². The van der Waals surface area contributed by atoms with Crippen molar-refractivity contribution in [2.24, 2.45) is 0 Å². The lowest BCUT2D eigenvalue weighted by Crippen LogP contribution is -2.20. The number of rotatable bonds is 7. The van der Waals surface area contributed by atoms with Crippen LogP contribution in [0.2, 0.25) is 0 Å². The highest BCUT2D eigenvalue weighted by Gasteiger charge is 2.29. The molecule has 0 radical (unpaired) electrons. The lowest BCUT2D eigenvalue weighted by atomic mass is 9.95. The first kappa shape index (κ1) is 17.1. The predicted octanol–water partition coefficient (Wildman–Crippen LogP) is 0.320. The van der Waals surface area contributed by atoms with Crippen LogP contribution in [0.15, 0.2) is 12.1 Å². The van der Waals surface area contributed by atoms with Gasteiger partial charge in [-0.25, -0.2) is 19.2 Å². The highest BCUT2D eigenvalue weighted by molar-refractivity contribution is 6.13. The van der Waals surface area contributed by atoms with Crippen LogP contribution >= 0.6 is 0 Å². The smallest absolute Gasteiger partial charge is 0.339 e. The van der Waals surface area contributed by atoms with Crippen molar-refractivity contribution in [1.82, 2.24) is 0 Å². The minimum Gasteiger partial charge on any atom is -0.478 e. The summed E-state index contributed by atoms with van der Waals surface area (Å²) in [6.45, 7) is -0.450. The van der Waals surface area contributed by atoms with Crippen molar-refractivity contribution in [1.29, 1.82) is 0 Å². The lowest BCUT2D eigenvalue weighted by Gasteiger charge is -2.11. The molecule has 22 heavy (non-hydrogen) atoms. The number of esters is 1. The summed E-state index contributed by atoms with van der Waals surface area (Å²) in [5.41, 5.74) is -3.29. The molecule has 0 saturated carbocycles. The zero-order valence-electron chi connectivity index (χ0n) is 11.1. The van der Waals surface area contributed by atoms with E-state index in [4.69, 9.17) is 25.2 Å². The number of hydrogen-bond donors (Lipinski definition) is 4. The third-order valence-corrected chi connectivity index (χ3v) is 2.62. The number of carboxylic acids is 3. The first-order valence-electron chi connectivity index (χ1n) is 5.96. The molecule has 0 aromatic heterocycles. The second-order valence-corrected chi connectivity index (χ2v) is 4.04. The Morgan fingerprint density at radius 3 is 1.82 bits per heavy atom.